The predicted molar refractivity (Wildman–Crippen MR) is 87.3 cm³/mol. The molecule has 116 valence electrons. The Morgan fingerprint density at radius 2 is 2.14 bits per heavy atom. The van der Waals surface area contributed by atoms with Gasteiger partial charge in [-0.05, 0) is 54.8 Å². The quantitative estimate of drug-likeness (QED) is 0.908. The summed E-state index contributed by atoms with van der Waals surface area (Å²) in [4.78, 5) is 24.0. The third-order valence-corrected chi connectivity index (χ3v) is 5.52. The van der Waals surface area contributed by atoms with Crippen LogP contribution in [0.5, 0.6) is 0 Å². The fraction of sp³-hybridized carbons (Fsp3) is 0.412. The summed E-state index contributed by atoms with van der Waals surface area (Å²) < 4.78 is 1.14. The van der Waals surface area contributed by atoms with Crippen LogP contribution in [-0.4, -0.2) is 22.5 Å². The molecule has 0 saturated heterocycles. The molecule has 2 unspecified atom stereocenters. The Bertz CT molecular complexity index is 724. The number of carbonyl (C=O) groups excluding carboxylic acids is 1. The second kappa shape index (κ2) is 5.72. The number of hydrogen-bond acceptors (Lipinski definition) is 3. The van der Waals surface area contributed by atoms with E-state index in [-0.39, 0.29) is 5.91 Å². The number of carbonyl (C=O) groups is 2. The summed E-state index contributed by atoms with van der Waals surface area (Å²) in [5.41, 5.74) is -0.0908. The first-order valence-corrected chi connectivity index (χ1v) is 8.40. The minimum Gasteiger partial charge on any atom is -0.481 e. The van der Waals surface area contributed by atoms with E-state index in [2.05, 4.69) is 5.32 Å². The van der Waals surface area contributed by atoms with Crippen molar-refractivity contribution in [3.05, 3.63) is 35.2 Å². The highest BCUT2D eigenvalue weighted by Gasteiger charge is 2.42. The molecule has 5 heteroatoms. The number of carboxylic acids is 1. The number of benzene rings is 1. The average molecular weight is 317 g/mol. The molecule has 2 N–H and O–H groups in total. The van der Waals surface area contributed by atoms with Crippen molar-refractivity contribution < 1.29 is 14.7 Å². The molecule has 2 aromatic rings. The number of carboxylic acid groups (broad SMARTS) is 1. The van der Waals surface area contributed by atoms with Gasteiger partial charge in [0.05, 0.1) is 11.5 Å². The number of rotatable bonds is 3. The average Bonchev–Trinajstić information content (AvgIpc) is 2.94. The Balaban J connectivity index is 1.83. The van der Waals surface area contributed by atoms with E-state index in [0.29, 0.717) is 18.4 Å². The van der Waals surface area contributed by atoms with Gasteiger partial charge in [0.1, 0.15) is 0 Å². The molecule has 1 fully saturated rings. The van der Waals surface area contributed by atoms with Gasteiger partial charge in [-0.3, -0.25) is 9.59 Å². The summed E-state index contributed by atoms with van der Waals surface area (Å²) in [5, 5.41) is 15.4. The first-order chi connectivity index (χ1) is 10.5. The summed E-state index contributed by atoms with van der Waals surface area (Å²) in [7, 11) is 0. The van der Waals surface area contributed by atoms with E-state index in [1.807, 2.05) is 30.5 Å². The zero-order valence-corrected chi connectivity index (χ0v) is 13.3. The van der Waals surface area contributed by atoms with E-state index in [4.69, 9.17) is 0 Å². The van der Waals surface area contributed by atoms with Crippen LogP contribution in [0, 0.1) is 5.92 Å². The third kappa shape index (κ3) is 2.73. The lowest BCUT2D eigenvalue weighted by Gasteiger charge is -2.39. The van der Waals surface area contributed by atoms with Gasteiger partial charge in [-0.25, -0.2) is 0 Å². The summed E-state index contributed by atoms with van der Waals surface area (Å²) in [6, 6.07) is 7.59. The van der Waals surface area contributed by atoms with E-state index >= 15 is 0 Å². The van der Waals surface area contributed by atoms with Crippen LogP contribution in [0.3, 0.4) is 0 Å². The number of fused-ring (bicyclic) bond motifs is 1. The molecule has 0 aliphatic heterocycles. The molecule has 1 aromatic carbocycles. The van der Waals surface area contributed by atoms with Crippen molar-refractivity contribution in [2.75, 3.05) is 0 Å². The van der Waals surface area contributed by atoms with E-state index in [1.54, 1.807) is 17.4 Å². The third-order valence-electron chi connectivity index (χ3n) is 4.62. The van der Waals surface area contributed by atoms with E-state index in [9.17, 15) is 14.7 Å². The maximum Gasteiger partial charge on any atom is 0.308 e. The van der Waals surface area contributed by atoms with Crippen molar-refractivity contribution in [1.82, 2.24) is 5.32 Å². The molecule has 1 aliphatic rings. The zero-order valence-electron chi connectivity index (χ0n) is 12.5. The number of hydrogen-bond donors (Lipinski definition) is 2. The Labute approximate surface area is 133 Å². The van der Waals surface area contributed by atoms with Gasteiger partial charge in [0.25, 0.3) is 5.91 Å². The Kier molecular flexibility index (Phi) is 3.91. The number of thiophene rings is 1. The lowest BCUT2D eigenvalue weighted by Crippen LogP contribution is -2.55. The number of amides is 1. The van der Waals surface area contributed by atoms with Gasteiger partial charge in [-0.1, -0.05) is 12.8 Å². The fourth-order valence-electron chi connectivity index (χ4n) is 3.32. The van der Waals surface area contributed by atoms with Crippen molar-refractivity contribution in [2.45, 2.75) is 38.1 Å². The molecule has 0 spiro atoms. The van der Waals surface area contributed by atoms with Crippen LogP contribution in [0.1, 0.15) is 43.0 Å². The maximum atomic E-state index is 12.6. The van der Waals surface area contributed by atoms with Crippen molar-refractivity contribution in [3.8, 4) is 0 Å². The molecule has 4 nitrogen and oxygen atoms in total. The maximum absolute atomic E-state index is 12.6. The van der Waals surface area contributed by atoms with Gasteiger partial charge in [-0.2, -0.15) is 0 Å². The predicted octanol–water partition coefficient (Wildman–Crippen LogP) is 3.66. The fourth-order valence-corrected chi connectivity index (χ4v) is 4.09. The number of aliphatic carboxylic acids is 1. The molecular weight excluding hydrogens is 298 g/mol. The van der Waals surface area contributed by atoms with Crippen LogP contribution in [0.25, 0.3) is 10.1 Å². The van der Waals surface area contributed by atoms with Gasteiger partial charge in [0, 0.05) is 10.3 Å². The van der Waals surface area contributed by atoms with Crippen molar-refractivity contribution >= 4 is 33.3 Å². The number of nitrogens with one attached hydrogen (secondary N) is 1. The van der Waals surface area contributed by atoms with Gasteiger partial charge in [-0.15, -0.1) is 11.3 Å². The molecule has 3 rings (SSSR count). The molecule has 1 amide bonds. The largest absolute Gasteiger partial charge is 0.481 e. The summed E-state index contributed by atoms with van der Waals surface area (Å²) in [5.74, 6) is -1.53. The lowest BCUT2D eigenvalue weighted by atomic mass is 9.73. The smallest absolute Gasteiger partial charge is 0.308 e. The van der Waals surface area contributed by atoms with Gasteiger partial charge < -0.3 is 10.4 Å². The summed E-state index contributed by atoms with van der Waals surface area (Å²) in [6.45, 7) is 1.85. The van der Waals surface area contributed by atoms with E-state index in [0.717, 1.165) is 22.9 Å². The SMILES string of the molecule is CC1(NC(=O)c2ccc3sccc3c2)CCCCC1C(=O)O. The van der Waals surface area contributed by atoms with E-state index in [1.165, 1.54) is 0 Å². The van der Waals surface area contributed by atoms with Crippen LogP contribution in [0.2, 0.25) is 0 Å². The minimum atomic E-state index is -0.823. The first kappa shape index (κ1) is 15.0. The van der Waals surface area contributed by atoms with Gasteiger partial charge >= 0.3 is 5.97 Å². The van der Waals surface area contributed by atoms with Crippen LogP contribution < -0.4 is 5.32 Å². The molecule has 2 atom stereocenters. The van der Waals surface area contributed by atoms with Crippen molar-refractivity contribution in [3.63, 3.8) is 0 Å². The summed E-state index contributed by atoms with van der Waals surface area (Å²) in [6.07, 6.45) is 3.18. The Morgan fingerprint density at radius 1 is 1.32 bits per heavy atom. The molecule has 0 radical (unpaired) electrons. The highest BCUT2D eigenvalue weighted by molar-refractivity contribution is 7.17. The van der Waals surface area contributed by atoms with Crippen molar-refractivity contribution in [2.24, 2.45) is 5.92 Å². The second-order valence-corrected chi connectivity index (χ2v) is 7.13. The topological polar surface area (TPSA) is 66.4 Å². The van der Waals surface area contributed by atoms with Crippen LogP contribution in [0.4, 0.5) is 0 Å². The molecule has 1 heterocycles. The van der Waals surface area contributed by atoms with Crippen LogP contribution >= 0.6 is 11.3 Å². The van der Waals surface area contributed by atoms with Gasteiger partial charge in [0.2, 0.25) is 0 Å². The Morgan fingerprint density at radius 3 is 2.91 bits per heavy atom. The molecule has 1 aromatic heterocycles. The first-order valence-electron chi connectivity index (χ1n) is 7.52. The zero-order chi connectivity index (χ0) is 15.7. The van der Waals surface area contributed by atoms with Crippen LogP contribution in [-0.2, 0) is 4.79 Å². The molecule has 1 aliphatic carbocycles. The normalized spacial score (nSPS) is 25.0. The van der Waals surface area contributed by atoms with E-state index < -0.39 is 17.4 Å². The second-order valence-electron chi connectivity index (χ2n) is 6.18. The highest BCUT2D eigenvalue weighted by atomic mass is 32.1. The van der Waals surface area contributed by atoms with Crippen LogP contribution in [0.15, 0.2) is 29.6 Å². The molecule has 1 saturated carbocycles. The molecular formula is C17H19NO3S. The Hall–Kier alpha value is -1.88. The van der Waals surface area contributed by atoms with Gasteiger partial charge in [0.15, 0.2) is 0 Å². The molecule has 0 bridgehead atoms. The highest BCUT2D eigenvalue weighted by Crippen LogP contribution is 2.34. The summed E-state index contributed by atoms with van der Waals surface area (Å²) >= 11 is 1.64. The standard InChI is InChI=1S/C17H19NO3S/c1-17(8-3-2-4-13(17)16(20)21)18-15(19)12-5-6-14-11(10-12)7-9-22-14/h5-7,9-10,13H,2-4,8H2,1H3,(H,18,19)(H,20,21). The monoisotopic (exact) mass is 317 g/mol. The minimum absolute atomic E-state index is 0.191. The lowest BCUT2D eigenvalue weighted by molar-refractivity contribution is -0.145. The van der Waals surface area contributed by atoms with Crippen molar-refractivity contribution in [1.29, 1.82) is 0 Å². The molecule has 22 heavy (non-hydrogen) atoms.